The van der Waals surface area contributed by atoms with Crippen molar-refractivity contribution in [2.24, 2.45) is 0 Å². The number of anilines is 1. The van der Waals surface area contributed by atoms with Gasteiger partial charge in [-0.05, 0) is 36.6 Å². The molecule has 0 bridgehead atoms. The number of hydrogen-bond acceptors (Lipinski definition) is 8. The van der Waals surface area contributed by atoms with Crippen LogP contribution in [0.3, 0.4) is 0 Å². The Morgan fingerprint density at radius 1 is 1.06 bits per heavy atom. The molecule has 0 radical (unpaired) electrons. The number of carbonyl (C=O) groups is 4. The third-order valence-corrected chi connectivity index (χ3v) is 6.43. The van der Waals surface area contributed by atoms with E-state index in [1.165, 1.54) is 26.0 Å². The van der Waals surface area contributed by atoms with Gasteiger partial charge in [-0.1, -0.05) is 30.3 Å². The van der Waals surface area contributed by atoms with Gasteiger partial charge in [-0.25, -0.2) is 9.59 Å². The quantitative estimate of drug-likeness (QED) is 0.411. The number of nitrogens with one attached hydrogen (secondary N) is 1. The number of amides is 2. The maximum Gasteiger partial charge on any atom is 0.414 e. The van der Waals surface area contributed by atoms with Crippen molar-refractivity contribution in [2.75, 3.05) is 31.4 Å². The van der Waals surface area contributed by atoms with E-state index in [1.807, 2.05) is 30.3 Å². The van der Waals surface area contributed by atoms with E-state index in [4.69, 9.17) is 9.47 Å². The summed E-state index contributed by atoms with van der Waals surface area (Å²) in [7, 11) is 2.53. The Morgan fingerprint density at radius 3 is 2.54 bits per heavy atom. The van der Waals surface area contributed by atoms with E-state index in [-0.39, 0.29) is 19.4 Å². The highest BCUT2D eigenvalue weighted by Gasteiger charge is 2.27. The van der Waals surface area contributed by atoms with Crippen LogP contribution < -0.4 is 10.2 Å². The highest BCUT2D eigenvalue weighted by molar-refractivity contribution is 7.99. The maximum atomic E-state index is 12.9. The molecule has 0 unspecified atom stereocenters. The minimum absolute atomic E-state index is 0.131. The van der Waals surface area contributed by atoms with Crippen LogP contribution in [0.4, 0.5) is 10.5 Å². The van der Waals surface area contributed by atoms with Gasteiger partial charge in [-0.15, -0.1) is 11.8 Å². The molecule has 1 aliphatic heterocycles. The summed E-state index contributed by atoms with van der Waals surface area (Å²) >= 11 is 1.53. The van der Waals surface area contributed by atoms with Crippen molar-refractivity contribution < 1.29 is 33.4 Å². The number of rotatable bonds is 9. The summed E-state index contributed by atoms with van der Waals surface area (Å²) in [5.41, 5.74) is 1.90. The van der Waals surface area contributed by atoms with Gasteiger partial charge in [0.25, 0.3) is 5.91 Å². The maximum absolute atomic E-state index is 12.9. The van der Waals surface area contributed by atoms with Gasteiger partial charge in [0.1, 0.15) is 12.6 Å². The minimum atomic E-state index is -0.898. The molecule has 3 rings (SSSR count). The predicted molar refractivity (Wildman–Crippen MR) is 130 cm³/mol. The molecule has 1 N–H and O–H groups in total. The summed E-state index contributed by atoms with van der Waals surface area (Å²) in [6.45, 7) is 0.658. The largest absolute Gasteiger partial charge is 0.469 e. The number of fused-ring (bicyclic) bond motifs is 1. The predicted octanol–water partition coefficient (Wildman–Crippen LogP) is 3.55. The summed E-state index contributed by atoms with van der Waals surface area (Å²) in [5, 5.41) is 2.67. The summed E-state index contributed by atoms with van der Waals surface area (Å²) in [5.74, 6) is -0.788. The Kier molecular flexibility index (Phi) is 9.54. The minimum Gasteiger partial charge on any atom is -0.469 e. The fourth-order valence-electron chi connectivity index (χ4n) is 3.53. The molecule has 10 heteroatoms. The molecule has 9 nitrogen and oxygen atoms in total. The van der Waals surface area contributed by atoms with E-state index in [0.29, 0.717) is 30.0 Å². The average Bonchev–Trinajstić information content (AvgIpc) is 2.90. The standard InChI is InChI=1S/C25H28N2O7S/c1-32-22(28)10-6-9-19(24(30)33-2)26-23(29)18-11-12-20-21(15-18)35-14-13-27(20)25(31)34-16-17-7-4-3-5-8-17/h3-5,7-8,11-12,15,19H,6,9-10,13-14,16H2,1-2H3,(H,26,29)/t19-/m0/s1. The van der Waals surface area contributed by atoms with Gasteiger partial charge in [0.05, 0.1) is 19.9 Å². The smallest absolute Gasteiger partial charge is 0.414 e. The SMILES string of the molecule is COC(=O)CCC[C@H](NC(=O)c1ccc2c(c1)SCCN2C(=O)OCc1ccccc1)C(=O)OC. The third kappa shape index (κ3) is 7.22. The first-order valence-corrected chi connectivity index (χ1v) is 12.1. The van der Waals surface area contributed by atoms with Gasteiger partial charge in [0, 0.05) is 29.2 Å². The van der Waals surface area contributed by atoms with E-state index >= 15 is 0 Å². The number of ether oxygens (including phenoxy) is 3. The number of carbonyl (C=O) groups excluding carboxylic acids is 4. The lowest BCUT2D eigenvalue weighted by Crippen LogP contribution is -2.41. The molecule has 0 saturated heterocycles. The number of nitrogens with zero attached hydrogens (tertiary/aromatic N) is 1. The van der Waals surface area contributed by atoms with Crippen molar-refractivity contribution in [1.29, 1.82) is 0 Å². The van der Waals surface area contributed by atoms with Gasteiger partial charge in [-0.2, -0.15) is 0 Å². The zero-order valence-corrected chi connectivity index (χ0v) is 20.5. The number of esters is 2. The molecule has 2 amide bonds. The molecular formula is C25H28N2O7S. The van der Waals surface area contributed by atoms with Gasteiger partial charge in [-0.3, -0.25) is 14.5 Å². The monoisotopic (exact) mass is 500 g/mol. The number of methoxy groups -OCH3 is 2. The molecule has 1 aliphatic rings. The Bertz CT molecular complexity index is 1060. The molecule has 0 spiro atoms. The average molecular weight is 501 g/mol. The van der Waals surface area contributed by atoms with Gasteiger partial charge >= 0.3 is 18.0 Å². The zero-order valence-electron chi connectivity index (χ0n) is 19.7. The van der Waals surface area contributed by atoms with Crippen LogP contribution in [0.1, 0.15) is 35.2 Å². The topological polar surface area (TPSA) is 111 Å². The fourth-order valence-corrected chi connectivity index (χ4v) is 4.56. The highest BCUT2D eigenvalue weighted by Crippen LogP contribution is 2.36. The second kappa shape index (κ2) is 12.8. The number of thioether (sulfide) groups is 1. The van der Waals surface area contributed by atoms with Crippen LogP contribution >= 0.6 is 11.8 Å². The summed E-state index contributed by atoms with van der Waals surface area (Å²) in [4.78, 5) is 51.4. The molecular weight excluding hydrogens is 472 g/mol. The molecule has 1 atom stereocenters. The van der Waals surface area contributed by atoms with Crippen molar-refractivity contribution in [3.05, 3.63) is 59.7 Å². The second-order valence-corrected chi connectivity index (χ2v) is 8.88. The Morgan fingerprint density at radius 2 is 1.83 bits per heavy atom. The molecule has 186 valence electrons. The van der Waals surface area contributed by atoms with E-state index < -0.39 is 30.0 Å². The first-order valence-electron chi connectivity index (χ1n) is 11.1. The van der Waals surface area contributed by atoms with Gasteiger partial charge in [0.2, 0.25) is 0 Å². The number of benzene rings is 2. The van der Waals surface area contributed by atoms with E-state index in [0.717, 1.165) is 10.5 Å². The summed E-state index contributed by atoms with van der Waals surface area (Å²) in [6, 6.07) is 13.5. The lowest BCUT2D eigenvalue weighted by Gasteiger charge is -2.28. The first kappa shape index (κ1) is 26.1. The Balaban J connectivity index is 1.65. The van der Waals surface area contributed by atoms with Crippen LogP contribution in [0.5, 0.6) is 0 Å². The van der Waals surface area contributed by atoms with E-state index in [2.05, 4.69) is 10.1 Å². The Labute approximate surface area is 208 Å². The van der Waals surface area contributed by atoms with Crippen LogP contribution in [-0.2, 0) is 30.4 Å². The van der Waals surface area contributed by atoms with Crippen molar-refractivity contribution in [3.8, 4) is 0 Å². The zero-order chi connectivity index (χ0) is 25.2. The second-order valence-electron chi connectivity index (χ2n) is 7.74. The van der Waals surface area contributed by atoms with Crippen molar-refractivity contribution in [3.63, 3.8) is 0 Å². The normalized spacial score (nSPS) is 13.3. The lowest BCUT2D eigenvalue weighted by atomic mass is 10.1. The molecule has 2 aromatic rings. The van der Waals surface area contributed by atoms with Crippen molar-refractivity contribution in [1.82, 2.24) is 5.32 Å². The van der Waals surface area contributed by atoms with E-state index in [9.17, 15) is 19.2 Å². The fraction of sp³-hybridized carbons (Fsp3) is 0.360. The highest BCUT2D eigenvalue weighted by atomic mass is 32.2. The van der Waals surface area contributed by atoms with Crippen LogP contribution in [-0.4, -0.2) is 56.5 Å². The van der Waals surface area contributed by atoms with Crippen molar-refractivity contribution in [2.45, 2.75) is 36.8 Å². The van der Waals surface area contributed by atoms with Crippen LogP contribution in [0.25, 0.3) is 0 Å². The summed E-state index contributed by atoms with van der Waals surface area (Å²) < 4.78 is 14.9. The van der Waals surface area contributed by atoms with E-state index in [1.54, 1.807) is 23.1 Å². The Hall–Kier alpha value is -3.53. The van der Waals surface area contributed by atoms with Crippen LogP contribution in [0.2, 0.25) is 0 Å². The third-order valence-electron chi connectivity index (χ3n) is 5.40. The van der Waals surface area contributed by atoms with Crippen LogP contribution in [0, 0.1) is 0 Å². The van der Waals surface area contributed by atoms with Crippen LogP contribution in [0.15, 0.2) is 53.4 Å². The summed E-state index contributed by atoms with van der Waals surface area (Å²) in [6.07, 6.45) is 0.260. The first-order chi connectivity index (χ1) is 16.9. The molecule has 35 heavy (non-hydrogen) atoms. The molecule has 1 heterocycles. The van der Waals surface area contributed by atoms with Crippen molar-refractivity contribution >= 4 is 41.4 Å². The number of hydrogen-bond donors (Lipinski definition) is 1. The van der Waals surface area contributed by atoms with Gasteiger partial charge < -0.3 is 19.5 Å². The molecule has 2 aromatic carbocycles. The van der Waals surface area contributed by atoms with Gasteiger partial charge in [0.15, 0.2) is 0 Å². The lowest BCUT2D eigenvalue weighted by molar-refractivity contribution is -0.144. The molecule has 0 aliphatic carbocycles. The molecule has 0 aromatic heterocycles. The molecule has 0 saturated carbocycles. The molecule has 0 fully saturated rings.